The van der Waals surface area contributed by atoms with Crippen molar-refractivity contribution in [2.24, 2.45) is 0 Å². The first-order valence-corrected chi connectivity index (χ1v) is 10.4. The molecule has 0 aromatic heterocycles. The molecule has 166 valence electrons. The molecule has 3 rings (SSSR count). The summed E-state index contributed by atoms with van der Waals surface area (Å²) in [6.45, 7) is 1.53. The van der Waals surface area contributed by atoms with Crippen LogP contribution in [0.1, 0.15) is 12.5 Å². The quantitative estimate of drug-likeness (QED) is 0.552. The minimum atomic E-state index is -1.09. The molecule has 0 bridgehead atoms. The fourth-order valence-corrected chi connectivity index (χ4v) is 3.58. The summed E-state index contributed by atoms with van der Waals surface area (Å²) in [5, 5.41) is 10.7. The lowest BCUT2D eigenvalue weighted by atomic mass is 10.2. The maximum absolute atomic E-state index is 12.6. The molecule has 0 radical (unpaired) electrons. The number of nitrogens with one attached hydrogen (secondary N) is 1. The first kappa shape index (κ1) is 22.9. The number of anilines is 1. The Hall–Kier alpha value is -3.79. The van der Waals surface area contributed by atoms with Crippen LogP contribution in [-0.4, -0.2) is 52.8 Å². The van der Waals surface area contributed by atoms with Crippen molar-refractivity contribution in [1.82, 2.24) is 4.90 Å². The number of hydrogen-bond donors (Lipinski definition) is 2. The number of hydrogen-bond acceptors (Lipinski definition) is 7. The number of rotatable bonds is 9. The van der Waals surface area contributed by atoms with Crippen LogP contribution >= 0.6 is 11.8 Å². The molecule has 1 fully saturated rings. The molecule has 0 unspecified atom stereocenters. The van der Waals surface area contributed by atoms with E-state index in [1.807, 2.05) is 6.92 Å². The Labute approximate surface area is 188 Å². The highest BCUT2D eigenvalue weighted by Gasteiger charge is 2.36. The smallest absolute Gasteiger partial charge is 0.341 e. The van der Waals surface area contributed by atoms with Crippen LogP contribution < -0.4 is 14.8 Å². The van der Waals surface area contributed by atoms with Crippen molar-refractivity contribution in [2.75, 3.05) is 25.1 Å². The van der Waals surface area contributed by atoms with Gasteiger partial charge in [0.1, 0.15) is 18.0 Å². The topological polar surface area (TPSA) is 122 Å². The molecule has 2 aromatic rings. The number of carbonyl (C=O) groups excluding carboxylic acids is 3. The van der Waals surface area contributed by atoms with E-state index in [1.54, 1.807) is 48.5 Å². The molecule has 1 aliphatic heterocycles. The van der Waals surface area contributed by atoms with Gasteiger partial charge in [-0.05, 0) is 66.7 Å². The summed E-state index contributed by atoms with van der Waals surface area (Å²) in [4.78, 5) is 48.8. The maximum atomic E-state index is 12.6. The molecule has 3 amide bonds. The Morgan fingerprint density at radius 2 is 1.66 bits per heavy atom. The number of carbonyl (C=O) groups is 4. The number of carboxylic acids is 1. The SMILES string of the molecule is CCOc1ccc(NC(=O)CN2C(=O)S/C(=C/c3ccc(OCC(=O)O)cc3)C2=O)cc1. The maximum Gasteiger partial charge on any atom is 0.341 e. The van der Waals surface area contributed by atoms with Gasteiger partial charge < -0.3 is 19.9 Å². The minimum absolute atomic E-state index is 0.183. The summed E-state index contributed by atoms with van der Waals surface area (Å²) >= 11 is 0.744. The van der Waals surface area contributed by atoms with E-state index in [4.69, 9.17) is 14.6 Å². The standard InChI is InChI=1S/C22H20N2O7S/c1-2-30-16-9-5-15(6-10-16)23-19(25)12-24-21(28)18(32-22(24)29)11-14-3-7-17(8-4-14)31-13-20(26)27/h3-11H,2,12-13H2,1H3,(H,23,25)(H,26,27)/b18-11+. The zero-order valence-electron chi connectivity index (χ0n) is 17.1. The number of carboxylic acid groups (broad SMARTS) is 1. The van der Waals surface area contributed by atoms with Crippen molar-refractivity contribution in [3.63, 3.8) is 0 Å². The fraction of sp³-hybridized carbons (Fsp3) is 0.182. The van der Waals surface area contributed by atoms with Crippen LogP contribution in [-0.2, 0) is 14.4 Å². The predicted octanol–water partition coefficient (Wildman–Crippen LogP) is 3.22. The lowest BCUT2D eigenvalue weighted by Gasteiger charge is -2.12. The Morgan fingerprint density at radius 1 is 1.03 bits per heavy atom. The second-order valence-corrected chi connectivity index (χ2v) is 7.52. The summed E-state index contributed by atoms with van der Waals surface area (Å²) in [5.74, 6) is -1.12. The second kappa shape index (κ2) is 10.5. The van der Waals surface area contributed by atoms with Gasteiger partial charge in [-0.15, -0.1) is 0 Å². The van der Waals surface area contributed by atoms with E-state index in [1.165, 1.54) is 6.08 Å². The molecule has 10 heteroatoms. The molecular formula is C22H20N2O7S. The predicted molar refractivity (Wildman–Crippen MR) is 118 cm³/mol. The van der Waals surface area contributed by atoms with E-state index >= 15 is 0 Å². The van der Waals surface area contributed by atoms with Gasteiger partial charge in [-0.2, -0.15) is 0 Å². The largest absolute Gasteiger partial charge is 0.494 e. The molecular weight excluding hydrogens is 436 g/mol. The van der Waals surface area contributed by atoms with Crippen LogP contribution in [0.3, 0.4) is 0 Å². The van der Waals surface area contributed by atoms with Crippen molar-refractivity contribution < 1.29 is 33.8 Å². The lowest BCUT2D eigenvalue weighted by molar-refractivity contribution is -0.139. The van der Waals surface area contributed by atoms with Gasteiger partial charge in [0, 0.05) is 5.69 Å². The Bertz CT molecular complexity index is 1050. The number of nitrogens with zero attached hydrogens (tertiary/aromatic N) is 1. The average molecular weight is 456 g/mol. The molecule has 0 atom stereocenters. The van der Waals surface area contributed by atoms with Crippen LogP contribution in [0.5, 0.6) is 11.5 Å². The molecule has 9 nitrogen and oxygen atoms in total. The Balaban J connectivity index is 1.60. The molecule has 0 saturated carbocycles. The third kappa shape index (κ3) is 6.11. The first-order chi connectivity index (χ1) is 15.4. The second-order valence-electron chi connectivity index (χ2n) is 6.52. The summed E-state index contributed by atoms with van der Waals surface area (Å²) in [6, 6.07) is 13.1. The average Bonchev–Trinajstić information content (AvgIpc) is 3.02. The third-order valence-electron chi connectivity index (χ3n) is 4.16. The number of amides is 3. The molecule has 0 spiro atoms. The zero-order chi connectivity index (χ0) is 23.1. The molecule has 1 aliphatic rings. The van der Waals surface area contributed by atoms with Crippen LogP contribution in [0.15, 0.2) is 53.4 Å². The van der Waals surface area contributed by atoms with Crippen molar-refractivity contribution >= 4 is 46.5 Å². The third-order valence-corrected chi connectivity index (χ3v) is 5.07. The van der Waals surface area contributed by atoms with E-state index < -0.39 is 36.2 Å². The van der Waals surface area contributed by atoms with Crippen LogP contribution in [0.25, 0.3) is 6.08 Å². The molecule has 0 aliphatic carbocycles. The fourth-order valence-electron chi connectivity index (χ4n) is 2.74. The van der Waals surface area contributed by atoms with Gasteiger partial charge in [0.05, 0.1) is 11.5 Å². The van der Waals surface area contributed by atoms with Crippen molar-refractivity contribution in [2.45, 2.75) is 6.92 Å². The van der Waals surface area contributed by atoms with Crippen molar-refractivity contribution in [1.29, 1.82) is 0 Å². The van der Waals surface area contributed by atoms with Gasteiger partial charge in [0.25, 0.3) is 11.1 Å². The summed E-state index contributed by atoms with van der Waals surface area (Å²) in [7, 11) is 0. The van der Waals surface area contributed by atoms with Crippen LogP contribution in [0.2, 0.25) is 0 Å². The van der Waals surface area contributed by atoms with Crippen LogP contribution in [0.4, 0.5) is 10.5 Å². The van der Waals surface area contributed by atoms with Gasteiger partial charge >= 0.3 is 5.97 Å². The number of ether oxygens (including phenoxy) is 2. The van der Waals surface area contributed by atoms with E-state index in [0.29, 0.717) is 29.4 Å². The van der Waals surface area contributed by atoms with E-state index in [9.17, 15) is 19.2 Å². The van der Waals surface area contributed by atoms with E-state index in [0.717, 1.165) is 16.7 Å². The number of imide groups is 1. The number of aliphatic carboxylic acids is 1. The highest BCUT2D eigenvalue weighted by Crippen LogP contribution is 2.32. The molecule has 1 heterocycles. The monoisotopic (exact) mass is 456 g/mol. The highest BCUT2D eigenvalue weighted by atomic mass is 32.2. The Kier molecular flexibility index (Phi) is 7.50. The van der Waals surface area contributed by atoms with Gasteiger partial charge in [-0.3, -0.25) is 19.3 Å². The van der Waals surface area contributed by atoms with Gasteiger partial charge in [-0.25, -0.2) is 4.79 Å². The molecule has 32 heavy (non-hydrogen) atoms. The lowest BCUT2D eigenvalue weighted by Crippen LogP contribution is -2.36. The molecule has 2 N–H and O–H groups in total. The zero-order valence-corrected chi connectivity index (χ0v) is 17.9. The normalized spacial score (nSPS) is 14.5. The summed E-state index contributed by atoms with van der Waals surface area (Å²) in [6.07, 6.45) is 1.52. The van der Waals surface area contributed by atoms with Crippen LogP contribution in [0, 0.1) is 0 Å². The molecule has 1 saturated heterocycles. The number of benzene rings is 2. The summed E-state index contributed by atoms with van der Waals surface area (Å²) < 4.78 is 10.4. The Morgan fingerprint density at radius 3 is 2.28 bits per heavy atom. The first-order valence-electron chi connectivity index (χ1n) is 9.58. The molecule has 2 aromatic carbocycles. The number of thioether (sulfide) groups is 1. The van der Waals surface area contributed by atoms with Gasteiger partial charge in [-0.1, -0.05) is 12.1 Å². The van der Waals surface area contributed by atoms with E-state index in [-0.39, 0.29) is 4.91 Å². The summed E-state index contributed by atoms with van der Waals surface area (Å²) in [5.41, 5.74) is 1.14. The van der Waals surface area contributed by atoms with Gasteiger partial charge in [0.2, 0.25) is 5.91 Å². The van der Waals surface area contributed by atoms with Crippen molar-refractivity contribution in [3.05, 3.63) is 59.0 Å². The van der Waals surface area contributed by atoms with Gasteiger partial charge in [0.15, 0.2) is 6.61 Å². The highest BCUT2D eigenvalue weighted by molar-refractivity contribution is 8.18. The van der Waals surface area contributed by atoms with Crippen molar-refractivity contribution in [3.8, 4) is 11.5 Å². The van der Waals surface area contributed by atoms with E-state index in [2.05, 4.69) is 5.32 Å². The minimum Gasteiger partial charge on any atom is -0.494 e.